The molecule has 2 aromatic carbocycles. The lowest BCUT2D eigenvalue weighted by Gasteiger charge is -2.08. The Hall–Kier alpha value is -2.14. The number of nitro groups is 1. The van der Waals surface area contributed by atoms with E-state index in [0.717, 1.165) is 17.7 Å². The zero-order valence-corrected chi connectivity index (χ0v) is 11.2. The van der Waals surface area contributed by atoms with Crippen molar-refractivity contribution in [2.45, 2.75) is 6.42 Å². The minimum atomic E-state index is -0.681. The van der Waals surface area contributed by atoms with E-state index in [1.165, 1.54) is 0 Å². The molecule has 0 saturated heterocycles. The second-order valence-electron chi connectivity index (χ2n) is 4.20. The van der Waals surface area contributed by atoms with Gasteiger partial charge >= 0.3 is 0 Å². The second kappa shape index (κ2) is 6.34. The first kappa shape index (κ1) is 14.3. The Morgan fingerprint density at radius 1 is 1.25 bits per heavy atom. The van der Waals surface area contributed by atoms with Crippen LogP contribution in [0.15, 0.2) is 42.5 Å². The molecule has 0 aliphatic rings. The van der Waals surface area contributed by atoms with Crippen LogP contribution in [0.25, 0.3) is 0 Å². The van der Waals surface area contributed by atoms with Gasteiger partial charge in [0.2, 0.25) is 0 Å². The number of nitrogens with zero attached hydrogens (tertiary/aromatic N) is 1. The monoisotopic (exact) mass is 294 g/mol. The van der Waals surface area contributed by atoms with Gasteiger partial charge in [0.05, 0.1) is 9.95 Å². The summed E-state index contributed by atoms with van der Waals surface area (Å²) in [6.07, 6.45) is 0.683. The molecule has 0 amide bonds. The van der Waals surface area contributed by atoms with E-state index < -0.39 is 10.7 Å². The van der Waals surface area contributed by atoms with Crippen molar-refractivity contribution in [3.63, 3.8) is 0 Å². The van der Waals surface area contributed by atoms with E-state index in [1.54, 1.807) is 0 Å². The molecule has 0 atom stereocenters. The van der Waals surface area contributed by atoms with E-state index in [4.69, 9.17) is 11.6 Å². The van der Waals surface area contributed by atoms with Gasteiger partial charge in [0.25, 0.3) is 5.69 Å². The van der Waals surface area contributed by atoms with Crippen LogP contribution in [0, 0.1) is 15.9 Å². The summed E-state index contributed by atoms with van der Waals surface area (Å²) in [5.74, 6) is -0.681. The molecule has 0 aliphatic heterocycles. The van der Waals surface area contributed by atoms with Crippen molar-refractivity contribution in [2.24, 2.45) is 0 Å². The average Bonchev–Trinajstić information content (AvgIpc) is 2.43. The van der Waals surface area contributed by atoms with E-state index >= 15 is 0 Å². The molecule has 20 heavy (non-hydrogen) atoms. The van der Waals surface area contributed by atoms with Gasteiger partial charge in [0.1, 0.15) is 11.5 Å². The highest BCUT2D eigenvalue weighted by molar-refractivity contribution is 6.31. The minimum absolute atomic E-state index is 0.132. The van der Waals surface area contributed by atoms with E-state index in [-0.39, 0.29) is 16.4 Å². The Labute approximate surface area is 120 Å². The highest BCUT2D eigenvalue weighted by atomic mass is 35.5. The van der Waals surface area contributed by atoms with Crippen LogP contribution in [0.5, 0.6) is 0 Å². The summed E-state index contributed by atoms with van der Waals surface area (Å²) in [7, 11) is 0. The number of rotatable bonds is 5. The van der Waals surface area contributed by atoms with Gasteiger partial charge in [-0.05, 0) is 12.0 Å². The molecule has 0 spiro atoms. The van der Waals surface area contributed by atoms with E-state index in [9.17, 15) is 14.5 Å². The summed E-state index contributed by atoms with van der Waals surface area (Å²) in [5.41, 5.74) is 0.995. The lowest BCUT2D eigenvalue weighted by atomic mass is 10.1. The molecule has 104 valence electrons. The van der Waals surface area contributed by atoms with Gasteiger partial charge in [-0.2, -0.15) is 0 Å². The largest absolute Gasteiger partial charge is 0.379 e. The van der Waals surface area contributed by atoms with Crippen LogP contribution in [-0.4, -0.2) is 11.5 Å². The molecule has 4 nitrogen and oxygen atoms in total. The van der Waals surface area contributed by atoms with Gasteiger partial charge in [-0.15, -0.1) is 0 Å². The maximum Gasteiger partial charge on any atom is 0.294 e. The molecule has 1 N–H and O–H groups in total. The fraction of sp³-hybridized carbons (Fsp3) is 0.143. The minimum Gasteiger partial charge on any atom is -0.379 e. The fourth-order valence-corrected chi connectivity index (χ4v) is 1.97. The SMILES string of the molecule is O=[N+]([O-])c1cc(Cl)c(F)cc1NCCc1ccccc1. The summed E-state index contributed by atoms with van der Waals surface area (Å²) in [6, 6.07) is 11.7. The van der Waals surface area contributed by atoms with E-state index in [0.29, 0.717) is 13.0 Å². The lowest BCUT2D eigenvalue weighted by molar-refractivity contribution is -0.384. The zero-order valence-electron chi connectivity index (χ0n) is 10.5. The Kier molecular flexibility index (Phi) is 4.53. The topological polar surface area (TPSA) is 55.2 Å². The number of halogens is 2. The molecule has 0 fully saturated rings. The highest BCUT2D eigenvalue weighted by Crippen LogP contribution is 2.30. The van der Waals surface area contributed by atoms with Gasteiger partial charge in [-0.3, -0.25) is 10.1 Å². The molecular formula is C14H12ClFN2O2. The molecule has 0 saturated carbocycles. The lowest BCUT2D eigenvalue weighted by Crippen LogP contribution is -2.07. The molecule has 0 bridgehead atoms. The first-order chi connectivity index (χ1) is 9.58. The number of hydrogen-bond acceptors (Lipinski definition) is 3. The fourth-order valence-electron chi connectivity index (χ4n) is 1.82. The van der Waals surface area contributed by atoms with Crippen LogP contribution in [0.3, 0.4) is 0 Å². The van der Waals surface area contributed by atoms with Crippen LogP contribution in [0.4, 0.5) is 15.8 Å². The molecule has 0 unspecified atom stereocenters. The summed E-state index contributed by atoms with van der Waals surface area (Å²) in [5, 5.41) is 13.5. The van der Waals surface area contributed by atoms with Crippen LogP contribution >= 0.6 is 11.6 Å². The van der Waals surface area contributed by atoms with Crippen molar-refractivity contribution in [3.8, 4) is 0 Å². The Morgan fingerprint density at radius 3 is 2.60 bits per heavy atom. The first-order valence-corrected chi connectivity index (χ1v) is 6.37. The van der Waals surface area contributed by atoms with Gasteiger partial charge in [-0.1, -0.05) is 41.9 Å². The van der Waals surface area contributed by atoms with Crippen molar-refractivity contribution in [1.82, 2.24) is 0 Å². The third kappa shape index (κ3) is 3.45. The predicted octanol–water partition coefficient (Wildman–Crippen LogP) is 4.04. The number of hydrogen-bond donors (Lipinski definition) is 1. The number of benzene rings is 2. The van der Waals surface area contributed by atoms with Crippen LogP contribution < -0.4 is 5.32 Å². The van der Waals surface area contributed by atoms with Gasteiger partial charge in [0.15, 0.2) is 0 Å². The maximum atomic E-state index is 13.4. The van der Waals surface area contributed by atoms with Gasteiger partial charge < -0.3 is 5.32 Å². The maximum absolute atomic E-state index is 13.4. The summed E-state index contributed by atoms with van der Waals surface area (Å²) in [6.45, 7) is 0.464. The Balaban J connectivity index is 2.09. The van der Waals surface area contributed by atoms with Crippen LogP contribution in [0.2, 0.25) is 5.02 Å². The summed E-state index contributed by atoms with van der Waals surface area (Å²) in [4.78, 5) is 10.3. The molecule has 2 aromatic rings. The third-order valence-electron chi connectivity index (χ3n) is 2.81. The predicted molar refractivity (Wildman–Crippen MR) is 76.7 cm³/mol. The first-order valence-electron chi connectivity index (χ1n) is 5.99. The van der Waals surface area contributed by atoms with Gasteiger partial charge in [-0.25, -0.2) is 4.39 Å². The Bertz CT molecular complexity index is 620. The summed E-state index contributed by atoms with van der Waals surface area (Å²) >= 11 is 5.55. The van der Waals surface area contributed by atoms with Crippen molar-refractivity contribution >= 4 is 23.0 Å². The number of anilines is 1. The molecule has 0 radical (unpaired) electrons. The van der Waals surface area contributed by atoms with Crippen molar-refractivity contribution < 1.29 is 9.31 Å². The molecular weight excluding hydrogens is 283 g/mol. The van der Waals surface area contributed by atoms with Crippen molar-refractivity contribution in [3.05, 3.63) is 69.0 Å². The zero-order chi connectivity index (χ0) is 14.5. The molecule has 0 aliphatic carbocycles. The normalized spacial score (nSPS) is 10.3. The second-order valence-corrected chi connectivity index (χ2v) is 4.61. The molecule has 0 heterocycles. The van der Waals surface area contributed by atoms with E-state index in [1.807, 2.05) is 30.3 Å². The Morgan fingerprint density at radius 2 is 1.95 bits per heavy atom. The van der Waals surface area contributed by atoms with Gasteiger partial charge in [0, 0.05) is 18.7 Å². The van der Waals surface area contributed by atoms with Crippen molar-refractivity contribution in [2.75, 3.05) is 11.9 Å². The van der Waals surface area contributed by atoms with E-state index in [2.05, 4.69) is 5.32 Å². The van der Waals surface area contributed by atoms with Crippen molar-refractivity contribution in [1.29, 1.82) is 0 Å². The highest BCUT2D eigenvalue weighted by Gasteiger charge is 2.17. The summed E-state index contributed by atoms with van der Waals surface area (Å²) < 4.78 is 13.4. The number of nitro benzene ring substituents is 1. The van der Waals surface area contributed by atoms with Crippen LogP contribution in [-0.2, 0) is 6.42 Å². The average molecular weight is 295 g/mol. The molecule has 6 heteroatoms. The smallest absolute Gasteiger partial charge is 0.294 e. The van der Waals surface area contributed by atoms with Crippen LogP contribution in [0.1, 0.15) is 5.56 Å². The number of nitrogens with one attached hydrogen (secondary N) is 1. The third-order valence-corrected chi connectivity index (χ3v) is 3.10. The molecule has 0 aromatic heterocycles. The standard InChI is InChI=1S/C14H12ClFN2O2/c15-11-8-14(18(19)20)13(9-12(11)16)17-7-6-10-4-2-1-3-5-10/h1-5,8-9,17H,6-7H2. The molecule has 2 rings (SSSR count). The quantitative estimate of drug-likeness (QED) is 0.669.